The highest BCUT2D eigenvalue weighted by molar-refractivity contribution is 9.10. The van der Waals surface area contributed by atoms with Crippen molar-refractivity contribution in [2.45, 2.75) is 12.8 Å². The van der Waals surface area contributed by atoms with Crippen LogP contribution in [0.25, 0.3) is 0 Å². The smallest absolute Gasteiger partial charge is 0.146 e. The van der Waals surface area contributed by atoms with Crippen LogP contribution in [0.4, 0.5) is 4.39 Å². The van der Waals surface area contributed by atoms with Gasteiger partial charge >= 0.3 is 0 Å². The molecule has 0 amide bonds. The van der Waals surface area contributed by atoms with E-state index in [0.29, 0.717) is 10.0 Å². The average Bonchev–Trinajstić information content (AvgIpc) is 2.62. The maximum Gasteiger partial charge on any atom is 0.146 e. The van der Waals surface area contributed by atoms with Crippen LogP contribution < -0.4 is 0 Å². The van der Waals surface area contributed by atoms with Crippen molar-refractivity contribution in [3.05, 3.63) is 34.1 Å². The van der Waals surface area contributed by atoms with E-state index in [1.165, 1.54) is 0 Å². The van der Waals surface area contributed by atoms with Gasteiger partial charge < -0.3 is 0 Å². The molecule has 0 bridgehead atoms. The molecule has 0 aromatic heterocycles. The summed E-state index contributed by atoms with van der Waals surface area (Å²) in [5, 5.41) is 0. The molecule has 1 heterocycles. The molecular formula is C10H9BrFN. The third-order valence-corrected chi connectivity index (χ3v) is 2.75. The number of benzene rings is 1. The summed E-state index contributed by atoms with van der Waals surface area (Å²) in [7, 11) is 0. The molecule has 0 radical (unpaired) electrons. The Bertz CT molecular complexity index is 360. The molecule has 1 nitrogen and oxygen atoms in total. The van der Waals surface area contributed by atoms with Gasteiger partial charge in [0.1, 0.15) is 5.82 Å². The van der Waals surface area contributed by atoms with Crippen LogP contribution in [-0.2, 0) is 0 Å². The van der Waals surface area contributed by atoms with Gasteiger partial charge in [-0.3, -0.25) is 4.99 Å². The Labute approximate surface area is 84.8 Å². The van der Waals surface area contributed by atoms with Gasteiger partial charge in [0.15, 0.2) is 0 Å². The van der Waals surface area contributed by atoms with Gasteiger partial charge in [-0.05, 0) is 34.8 Å². The summed E-state index contributed by atoms with van der Waals surface area (Å²) in [5.41, 5.74) is 1.55. The molecule has 13 heavy (non-hydrogen) atoms. The Hall–Kier alpha value is -0.700. The molecule has 1 aromatic rings. The van der Waals surface area contributed by atoms with Crippen molar-refractivity contribution in [2.24, 2.45) is 4.99 Å². The van der Waals surface area contributed by atoms with Crippen LogP contribution in [0, 0.1) is 5.82 Å². The Kier molecular flexibility index (Phi) is 2.44. The number of aliphatic imine (C=N–C) groups is 1. The Morgan fingerprint density at radius 1 is 1.38 bits per heavy atom. The Morgan fingerprint density at radius 2 is 2.23 bits per heavy atom. The van der Waals surface area contributed by atoms with Crippen LogP contribution in [0.2, 0.25) is 0 Å². The van der Waals surface area contributed by atoms with Crippen molar-refractivity contribution in [2.75, 3.05) is 6.54 Å². The van der Waals surface area contributed by atoms with E-state index in [4.69, 9.17) is 0 Å². The first kappa shape index (κ1) is 8.88. The summed E-state index contributed by atoms with van der Waals surface area (Å²) < 4.78 is 14.0. The first-order valence-corrected chi connectivity index (χ1v) is 5.06. The maximum absolute atomic E-state index is 13.5. The van der Waals surface area contributed by atoms with Crippen molar-refractivity contribution in [1.82, 2.24) is 0 Å². The molecule has 0 aliphatic carbocycles. The van der Waals surface area contributed by atoms with E-state index in [-0.39, 0.29) is 5.82 Å². The lowest BCUT2D eigenvalue weighted by atomic mass is 10.1. The molecule has 68 valence electrons. The lowest BCUT2D eigenvalue weighted by Crippen LogP contribution is -2.00. The second-order valence-corrected chi connectivity index (χ2v) is 3.89. The van der Waals surface area contributed by atoms with Gasteiger partial charge in [-0.25, -0.2) is 4.39 Å². The van der Waals surface area contributed by atoms with Gasteiger partial charge in [0, 0.05) is 17.8 Å². The highest BCUT2D eigenvalue weighted by Crippen LogP contribution is 2.22. The molecule has 1 aliphatic heterocycles. The predicted molar refractivity (Wildman–Crippen MR) is 54.7 cm³/mol. The third kappa shape index (κ3) is 1.66. The van der Waals surface area contributed by atoms with E-state index in [0.717, 1.165) is 25.1 Å². The van der Waals surface area contributed by atoms with Crippen molar-refractivity contribution < 1.29 is 4.39 Å². The van der Waals surface area contributed by atoms with Crippen LogP contribution in [0.15, 0.2) is 27.7 Å². The highest BCUT2D eigenvalue weighted by atomic mass is 79.9. The second-order valence-electron chi connectivity index (χ2n) is 3.03. The molecule has 0 saturated heterocycles. The molecule has 0 saturated carbocycles. The minimum absolute atomic E-state index is 0.192. The molecule has 1 aliphatic rings. The van der Waals surface area contributed by atoms with E-state index in [1.807, 2.05) is 6.07 Å². The van der Waals surface area contributed by atoms with Gasteiger partial charge in [-0.1, -0.05) is 12.1 Å². The summed E-state index contributed by atoms with van der Waals surface area (Å²) in [6.45, 7) is 0.835. The lowest BCUT2D eigenvalue weighted by Gasteiger charge is -2.03. The van der Waals surface area contributed by atoms with Gasteiger partial charge in [-0.2, -0.15) is 0 Å². The fraction of sp³-hybridized carbons (Fsp3) is 0.300. The standard InChI is InChI=1S/C10H9BrFN/c11-8-4-1-3-7(10(8)12)9-5-2-6-13-9/h1,3-4H,2,5-6H2. The van der Waals surface area contributed by atoms with Crippen molar-refractivity contribution in [3.63, 3.8) is 0 Å². The number of hydrogen-bond acceptors (Lipinski definition) is 1. The molecule has 0 fully saturated rings. The molecule has 0 spiro atoms. The van der Waals surface area contributed by atoms with Gasteiger partial charge in [-0.15, -0.1) is 0 Å². The summed E-state index contributed by atoms with van der Waals surface area (Å²) in [6.07, 6.45) is 1.94. The molecule has 1 aromatic carbocycles. The zero-order valence-electron chi connectivity index (χ0n) is 7.06. The second kappa shape index (κ2) is 3.58. The van der Waals surface area contributed by atoms with Gasteiger partial charge in [0.05, 0.1) is 4.47 Å². The molecule has 0 atom stereocenters. The zero-order chi connectivity index (χ0) is 9.26. The van der Waals surface area contributed by atoms with Crippen LogP contribution >= 0.6 is 15.9 Å². The molecule has 0 unspecified atom stereocenters. The monoisotopic (exact) mass is 241 g/mol. The normalized spacial score (nSPS) is 16.0. The zero-order valence-corrected chi connectivity index (χ0v) is 8.64. The van der Waals surface area contributed by atoms with E-state index in [1.54, 1.807) is 12.1 Å². The van der Waals surface area contributed by atoms with Crippen molar-refractivity contribution >= 4 is 21.6 Å². The SMILES string of the molecule is Fc1c(Br)cccc1C1=NCCC1. The predicted octanol–water partition coefficient (Wildman–Crippen LogP) is 3.17. The van der Waals surface area contributed by atoms with Crippen LogP contribution in [-0.4, -0.2) is 12.3 Å². The van der Waals surface area contributed by atoms with Crippen molar-refractivity contribution in [3.8, 4) is 0 Å². The maximum atomic E-state index is 13.5. The Morgan fingerprint density at radius 3 is 2.92 bits per heavy atom. The molecule has 3 heteroatoms. The summed E-state index contributed by atoms with van der Waals surface area (Å²) in [4.78, 5) is 4.26. The largest absolute Gasteiger partial charge is 0.289 e. The van der Waals surface area contributed by atoms with Crippen LogP contribution in [0.1, 0.15) is 18.4 Å². The van der Waals surface area contributed by atoms with E-state index < -0.39 is 0 Å². The van der Waals surface area contributed by atoms with Gasteiger partial charge in [0.2, 0.25) is 0 Å². The fourth-order valence-corrected chi connectivity index (χ4v) is 1.85. The number of nitrogens with zero attached hydrogens (tertiary/aromatic N) is 1. The third-order valence-electron chi connectivity index (χ3n) is 2.14. The van der Waals surface area contributed by atoms with Gasteiger partial charge in [0.25, 0.3) is 0 Å². The minimum atomic E-state index is -0.192. The lowest BCUT2D eigenvalue weighted by molar-refractivity contribution is 0.618. The molecule has 0 N–H and O–H groups in total. The van der Waals surface area contributed by atoms with E-state index >= 15 is 0 Å². The van der Waals surface area contributed by atoms with E-state index in [2.05, 4.69) is 20.9 Å². The first-order chi connectivity index (χ1) is 6.29. The highest BCUT2D eigenvalue weighted by Gasteiger charge is 2.14. The summed E-state index contributed by atoms with van der Waals surface area (Å²) >= 11 is 3.16. The topological polar surface area (TPSA) is 12.4 Å². The fourth-order valence-electron chi connectivity index (χ4n) is 1.49. The summed E-state index contributed by atoms with van der Waals surface area (Å²) in [5.74, 6) is -0.192. The molecular weight excluding hydrogens is 233 g/mol. The first-order valence-electron chi connectivity index (χ1n) is 4.27. The van der Waals surface area contributed by atoms with Crippen molar-refractivity contribution in [1.29, 1.82) is 0 Å². The summed E-state index contributed by atoms with van der Waals surface area (Å²) in [6, 6.07) is 5.32. The van der Waals surface area contributed by atoms with E-state index in [9.17, 15) is 4.39 Å². The number of hydrogen-bond donors (Lipinski definition) is 0. The average molecular weight is 242 g/mol. The number of rotatable bonds is 1. The quantitative estimate of drug-likeness (QED) is 0.717. The minimum Gasteiger partial charge on any atom is -0.289 e. The van der Waals surface area contributed by atoms with Crippen LogP contribution in [0.3, 0.4) is 0 Å². The van der Waals surface area contributed by atoms with Crippen LogP contribution in [0.5, 0.6) is 0 Å². The Balaban J connectivity index is 2.45. The number of halogens is 2. The molecule has 2 rings (SSSR count).